The highest BCUT2D eigenvalue weighted by Crippen LogP contribution is 2.40. The Balaban J connectivity index is 1.83. The van der Waals surface area contributed by atoms with E-state index in [0.717, 1.165) is 26.1 Å². The number of nitrogens with zero attached hydrogens (tertiary/aromatic N) is 1. The highest BCUT2D eigenvalue weighted by atomic mass is 16.3. The maximum Gasteiger partial charge on any atom is 0.115 e. The molecule has 1 aromatic carbocycles. The summed E-state index contributed by atoms with van der Waals surface area (Å²) < 4.78 is 0. The molecule has 2 aliphatic rings. The topological polar surface area (TPSA) is 35.5 Å². The highest BCUT2D eigenvalue weighted by molar-refractivity contribution is 5.27. The molecule has 3 nitrogen and oxygen atoms in total. The molecule has 1 aliphatic carbocycles. The van der Waals surface area contributed by atoms with E-state index in [1.807, 2.05) is 12.1 Å². The minimum Gasteiger partial charge on any atom is -0.508 e. The smallest absolute Gasteiger partial charge is 0.115 e. The Hall–Kier alpha value is -1.06. The molecule has 3 rings (SSSR count). The molecule has 1 aliphatic heterocycles. The molecular weight excluding hydrogens is 260 g/mol. The molecule has 1 heterocycles. The van der Waals surface area contributed by atoms with E-state index in [9.17, 15) is 5.11 Å². The van der Waals surface area contributed by atoms with Gasteiger partial charge in [0.2, 0.25) is 0 Å². The van der Waals surface area contributed by atoms with Crippen LogP contribution >= 0.6 is 0 Å². The number of hydrogen-bond donors (Lipinski definition) is 2. The van der Waals surface area contributed by atoms with Gasteiger partial charge in [-0.25, -0.2) is 0 Å². The van der Waals surface area contributed by atoms with Crippen LogP contribution in [0, 0.1) is 0 Å². The number of phenolic OH excluding ortho intramolecular Hbond substituents is 1. The summed E-state index contributed by atoms with van der Waals surface area (Å²) in [6, 6.07) is 7.75. The van der Waals surface area contributed by atoms with E-state index in [4.69, 9.17) is 0 Å². The van der Waals surface area contributed by atoms with Crippen molar-refractivity contribution in [2.75, 3.05) is 13.1 Å². The predicted octanol–water partition coefficient (Wildman–Crippen LogP) is 3.28. The maximum absolute atomic E-state index is 9.72. The molecule has 1 atom stereocenters. The van der Waals surface area contributed by atoms with E-state index in [2.05, 4.69) is 30.1 Å². The first-order chi connectivity index (χ1) is 10.1. The first-order valence-electron chi connectivity index (χ1n) is 8.33. The van der Waals surface area contributed by atoms with Crippen LogP contribution in [0.5, 0.6) is 5.75 Å². The lowest BCUT2D eigenvalue weighted by molar-refractivity contribution is 0.00529. The minimum absolute atomic E-state index is 0.213. The zero-order chi connectivity index (χ0) is 14.9. The van der Waals surface area contributed by atoms with Gasteiger partial charge in [-0.2, -0.15) is 0 Å². The van der Waals surface area contributed by atoms with Crippen LogP contribution in [0.1, 0.15) is 51.5 Å². The minimum atomic E-state index is 0.213. The Morgan fingerprint density at radius 3 is 2.71 bits per heavy atom. The van der Waals surface area contributed by atoms with Gasteiger partial charge in [-0.05, 0) is 43.9 Å². The quantitative estimate of drug-likeness (QED) is 0.896. The molecule has 1 spiro atoms. The fourth-order valence-corrected chi connectivity index (χ4v) is 4.00. The van der Waals surface area contributed by atoms with E-state index in [1.54, 1.807) is 6.07 Å². The van der Waals surface area contributed by atoms with Crippen molar-refractivity contribution in [3.63, 3.8) is 0 Å². The van der Waals surface area contributed by atoms with E-state index in [-0.39, 0.29) is 5.54 Å². The standard InChI is InChI=1S/C18H28N2O/c1-3-17(2)14-20(12-15-7-6-8-16(21)11-15)18(13-19-17)9-4-5-10-18/h6-8,11,19,21H,3-5,9-10,12-14H2,1-2H3. The summed E-state index contributed by atoms with van der Waals surface area (Å²) in [6.07, 6.45) is 6.46. The van der Waals surface area contributed by atoms with Crippen molar-refractivity contribution < 1.29 is 5.11 Å². The molecule has 1 saturated heterocycles. The monoisotopic (exact) mass is 288 g/mol. The second-order valence-corrected chi connectivity index (χ2v) is 7.23. The summed E-state index contributed by atoms with van der Waals surface area (Å²) in [7, 11) is 0. The number of aromatic hydroxyl groups is 1. The van der Waals surface area contributed by atoms with Gasteiger partial charge in [-0.3, -0.25) is 4.90 Å². The van der Waals surface area contributed by atoms with Crippen molar-refractivity contribution in [3.8, 4) is 5.75 Å². The molecule has 1 aromatic rings. The number of nitrogens with one attached hydrogen (secondary N) is 1. The number of piperazine rings is 1. The van der Waals surface area contributed by atoms with E-state index in [1.165, 1.54) is 31.2 Å². The van der Waals surface area contributed by atoms with Crippen molar-refractivity contribution in [3.05, 3.63) is 29.8 Å². The summed E-state index contributed by atoms with van der Waals surface area (Å²) in [4.78, 5) is 2.69. The van der Waals surface area contributed by atoms with Gasteiger partial charge in [0.15, 0.2) is 0 Å². The molecule has 1 saturated carbocycles. The second-order valence-electron chi connectivity index (χ2n) is 7.23. The Bertz CT molecular complexity index is 496. The van der Waals surface area contributed by atoms with E-state index >= 15 is 0 Å². The van der Waals surface area contributed by atoms with Crippen LogP contribution in [-0.2, 0) is 6.54 Å². The molecular formula is C18H28N2O. The van der Waals surface area contributed by atoms with Crippen LogP contribution in [-0.4, -0.2) is 34.2 Å². The number of benzene rings is 1. The third-order valence-corrected chi connectivity index (χ3v) is 5.65. The lowest BCUT2D eigenvalue weighted by atomic mass is 9.84. The predicted molar refractivity (Wildman–Crippen MR) is 86.4 cm³/mol. The molecule has 21 heavy (non-hydrogen) atoms. The first kappa shape index (κ1) is 14.9. The Kier molecular flexibility index (Phi) is 3.98. The first-order valence-corrected chi connectivity index (χ1v) is 8.33. The van der Waals surface area contributed by atoms with Crippen LogP contribution in [0.25, 0.3) is 0 Å². The van der Waals surface area contributed by atoms with Gasteiger partial charge in [0.25, 0.3) is 0 Å². The summed E-state index contributed by atoms with van der Waals surface area (Å²) in [5, 5.41) is 13.5. The SMILES string of the molecule is CCC1(C)CN(Cc2cccc(O)c2)C2(CCCC2)CN1. The molecule has 1 unspecified atom stereocenters. The molecule has 2 N–H and O–H groups in total. The molecule has 0 radical (unpaired) electrons. The van der Waals surface area contributed by atoms with Crippen molar-refractivity contribution in [2.45, 2.75) is 63.6 Å². The third-order valence-electron chi connectivity index (χ3n) is 5.65. The van der Waals surface area contributed by atoms with Crippen LogP contribution in [0.2, 0.25) is 0 Å². The van der Waals surface area contributed by atoms with Crippen LogP contribution in [0.15, 0.2) is 24.3 Å². The summed E-state index contributed by atoms with van der Waals surface area (Å²) >= 11 is 0. The Labute approximate surface area is 128 Å². The van der Waals surface area contributed by atoms with Crippen molar-refractivity contribution in [2.24, 2.45) is 0 Å². The average Bonchev–Trinajstić information content (AvgIpc) is 2.94. The van der Waals surface area contributed by atoms with Crippen molar-refractivity contribution in [1.29, 1.82) is 0 Å². The Morgan fingerprint density at radius 2 is 2.05 bits per heavy atom. The third kappa shape index (κ3) is 2.95. The van der Waals surface area contributed by atoms with E-state index < -0.39 is 0 Å². The summed E-state index contributed by atoms with van der Waals surface area (Å²) in [5.41, 5.74) is 1.77. The fraction of sp³-hybridized carbons (Fsp3) is 0.667. The zero-order valence-corrected chi connectivity index (χ0v) is 13.4. The highest BCUT2D eigenvalue weighted by Gasteiger charge is 2.46. The summed E-state index contributed by atoms with van der Waals surface area (Å²) in [5.74, 6) is 0.376. The zero-order valence-electron chi connectivity index (χ0n) is 13.4. The number of phenols is 1. The van der Waals surface area contributed by atoms with Crippen LogP contribution < -0.4 is 5.32 Å². The summed E-state index contributed by atoms with van der Waals surface area (Å²) in [6.45, 7) is 7.76. The second kappa shape index (κ2) is 5.62. The Morgan fingerprint density at radius 1 is 1.29 bits per heavy atom. The maximum atomic E-state index is 9.72. The van der Waals surface area contributed by atoms with Crippen molar-refractivity contribution in [1.82, 2.24) is 10.2 Å². The molecule has 0 aromatic heterocycles. The van der Waals surface area contributed by atoms with Gasteiger partial charge >= 0.3 is 0 Å². The van der Waals surface area contributed by atoms with Crippen LogP contribution in [0.4, 0.5) is 0 Å². The fourth-order valence-electron chi connectivity index (χ4n) is 4.00. The molecule has 116 valence electrons. The lowest BCUT2D eigenvalue weighted by Gasteiger charge is -2.52. The van der Waals surface area contributed by atoms with Gasteiger partial charge in [-0.15, -0.1) is 0 Å². The molecule has 0 amide bonds. The van der Waals surface area contributed by atoms with Gasteiger partial charge in [-0.1, -0.05) is 31.9 Å². The van der Waals surface area contributed by atoms with Gasteiger partial charge in [0, 0.05) is 30.7 Å². The molecule has 0 bridgehead atoms. The van der Waals surface area contributed by atoms with E-state index in [0.29, 0.717) is 11.3 Å². The number of hydrogen-bond acceptors (Lipinski definition) is 3. The lowest BCUT2D eigenvalue weighted by Crippen LogP contribution is -2.67. The average molecular weight is 288 g/mol. The molecule has 3 heteroatoms. The normalized spacial score (nSPS) is 29.0. The van der Waals surface area contributed by atoms with Gasteiger partial charge in [0.1, 0.15) is 5.75 Å². The largest absolute Gasteiger partial charge is 0.508 e. The van der Waals surface area contributed by atoms with Crippen molar-refractivity contribution >= 4 is 0 Å². The van der Waals surface area contributed by atoms with Crippen LogP contribution in [0.3, 0.4) is 0 Å². The number of rotatable bonds is 3. The molecule has 2 fully saturated rings. The van der Waals surface area contributed by atoms with Gasteiger partial charge in [0.05, 0.1) is 0 Å². The van der Waals surface area contributed by atoms with Gasteiger partial charge < -0.3 is 10.4 Å².